The summed E-state index contributed by atoms with van der Waals surface area (Å²) in [5, 5.41) is 0. The molecule has 0 N–H and O–H groups in total. The smallest absolute Gasteiger partial charge is 0.310 e. The average Bonchev–Trinajstić information content (AvgIpc) is 3.33. The first-order chi connectivity index (χ1) is 15.3. The monoisotopic (exact) mass is 456 g/mol. The van der Waals surface area contributed by atoms with Crippen LogP contribution in [0.15, 0.2) is 52.2 Å². The van der Waals surface area contributed by atoms with Gasteiger partial charge in [-0.05, 0) is 49.2 Å². The fourth-order valence-electron chi connectivity index (χ4n) is 4.46. The molecule has 9 heteroatoms. The van der Waals surface area contributed by atoms with E-state index in [4.69, 9.17) is 0 Å². The first kappa shape index (κ1) is 22.3. The standard InChI is InChI=1S/C23H28N4O4S/c1-4-24(5-2)32(30,31)18-11-12-19-17(15-18)13-14-26(19)22(28)16-27-21-10-8-7-9-20(21)25(6-3)23(27)29/h7-12,15H,4-6,13-14,16H2,1-3H3. The normalized spacial score (nSPS) is 13.8. The Kier molecular flexibility index (Phi) is 5.96. The van der Waals surface area contributed by atoms with E-state index in [9.17, 15) is 18.0 Å². The quantitative estimate of drug-likeness (QED) is 0.547. The van der Waals surface area contributed by atoms with Crippen molar-refractivity contribution >= 4 is 32.7 Å². The molecular formula is C23H28N4O4S. The van der Waals surface area contributed by atoms with Gasteiger partial charge in [-0.15, -0.1) is 0 Å². The maximum Gasteiger partial charge on any atom is 0.329 e. The Balaban J connectivity index is 1.64. The molecule has 1 amide bonds. The number of fused-ring (bicyclic) bond motifs is 2. The lowest BCUT2D eigenvalue weighted by atomic mass is 10.2. The molecule has 0 radical (unpaired) electrons. The van der Waals surface area contributed by atoms with E-state index in [2.05, 4.69) is 0 Å². The summed E-state index contributed by atoms with van der Waals surface area (Å²) in [6, 6.07) is 12.4. The minimum Gasteiger partial charge on any atom is -0.310 e. The van der Waals surface area contributed by atoms with E-state index in [1.807, 2.05) is 45.0 Å². The van der Waals surface area contributed by atoms with Crippen LogP contribution in [0, 0.1) is 0 Å². The number of imidazole rings is 1. The summed E-state index contributed by atoms with van der Waals surface area (Å²) in [7, 11) is -3.56. The Labute approximate surface area is 187 Å². The van der Waals surface area contributed by atoms with E-state index in [1.165, 1.54) is 8.87 Å². The van der Waals surface area contributed by atoms with E-state index in [1.54, 1.807) is 27.7 Å². The van der Waals surface area contributed by atoms with E-state index in [-0.39, 0.29) is 23.0 Å². The zero-order valence-electron chi connectivity index (χ0n) is 18.6. The van der Waals surface area contributed by atoms with Crippen LogP contribution in [0.25, 0.3) is 11.0 Å². The van der Waals surface area contributed by atoms with Crippen molar-refractivity contribution in [2.75, 3.05) is 24.5 Å². The molecule has 0 unspecified atom stereocenters. The number of para-hydroxylation sites is 2. The fraction of sp³-hybridized carbons (Fsp3) is 0.391. The number of anilines is 1. The van der Waals surface area contributed by atoms with Gasteiger partial charge < -0.3 is 4.90 Å². The molecular weight excluding hydrogens is 428 g/mol. The minimum absolute atomic E-state index is 0.0642. The van der Waals surface area contributed by atoms with E-state index in [0.29, 0.717) is 38.3 Å². The molecule has 0 bridgehead atoms. The zero-order chi connectivity index (χ0) is 23.0. The lowest BCUT2D eigenvalue weighted by molar-refractivity contribution is -0.119. The van der Waals surface area contributed by atoms with Gasteiger partial charge in [0.2, 0.25) is 15.9 Å². The van der Waals surface area contributed by atoms with Crippen LogP contribution in [0.1, 0.15) is 26.3 Å². The van der Waals surface area contributed by atoms with Crippen molar-refractivity contribution in [1.29, 1.82) is 0 Å². The third kappa shape index (κ3) is 3.55. The molecule has 32 heavy (non-hydrogen) atoms. The molecule has 0 fully saturated rings. The third-order valence-electron chi connectivity index (χ3n) is 6.13. The SMILES string of the molecule is CCN(CC)S(=O)(=O)c1ccc2c(c1)CCN2C(=O)Cn1c(=O)n(CC)c2ccccc21. The molecule has 2 heterocycles. The highest BCUT2D eigenvalue weighted by Gasteiger charge is 2.29. The van der Waals surface area contributed by atoms with Gasteiger partial charge in [0.15, 0.2) is 0 Å². The molecule has 0 saturated heterocycles. The number of benzene rings is 2. The molecule has 1 aromatic heterocycles. The van der Waals surface area contributed by atoms with Gasteiger partial charge in [-0.25, -0.2) is 13.2 Å². The Morgan fingerprint density at radius 2 is 1.66 bits per heavy atom. The van der Waals surface area contributed by atoms with Crippen LogP contribution in [0.4, 0.5) is 5.69 Å². The van der Waals surface area contributed by atoms with E-state index < -0.39 is 10.0 Å². The van der Waals surface area contributed by atoms with Gasteiger partial charge in [-0.2, -0.15) is 4.31 Å². The summed E-state index contributed by atoms with van der Waals surface area (Å²) in [4.78, 5) is 28.0. The third-order valence-corrected chi connectivity index (χ3v) is 8.17. The van der Waals surface area contributed by atoms with Gasteiger partial charge in [0, 0.05) is 31.9 Å². The first-order valence-electron chi connectivity index (χ1n) is 10.9. The van der Waals surface area contributed by atoms with Crippen LogP contribution in [0.2, 0.25) is 0 Å². The fourth-order valence-corrected chi connectivity index (χ4v) is 5.97. The lowest BCUT2D eigenvalue weighted by Crippen LogP contribution is -2.35. The number of aryl methyl sites for hydroxylation is 1. The summed E-state index contributed by atoms with van der Waals surface area (Å²) in [5.74, 6) is -0.191. The molecule has 1 aliphatic heterocycles. The summed E-state index contributed by atoms with van der Waals surface area (Å²) in [6.07, 6.45) is 0.578. The van der Waals surface area contributed by atoms with Crippen LogP contribution in [0.5, 0.6) is 0 Å². The van der Waals surface area contributed by atoms with Gasteiger partial charge in [-0.1, -0.05) is 26.0 Å². The molecule has 0 aliphatic carbocycles. The van der Waals surface area contributed by atoms with Gasteiger partial charge in [0.1, 0.15) is 6.54 Å². The molecule has 2 aromatic carbocycles. The van der Waals surface area contributed by atoms with Crippen molar-refractivity contribution in [3.05, 3.63) is 58.5 Å². The van der Waals surface area contributed by atoms with E-state index in [0.717, 1.165) is 16.6 Å². The van der Waals surface area contributed by atoms with Gasteiger partial charge >= 0.3 is 5.69 Å². The number of hydrogen-bond donors (Lipinski definition) is 0. The van der Waals surface area contributed by atoms with Crippen molar-refractivity contribution in [1.82, 2.24) is 13.4 Å². The second-order valence-corrected chi connectivity index (χ2v) is 9.71. The Hall–Kier alpha value is -2.91. The summed E-state index contributed by atoms with van der Waals surface area (Å²) in [5.41, 5.74) is 2.87. The predicted molar refractivity (Wildman–Crippen MR) is 124 cm³/mol. The van der Waals surface area contributed by atoms with Crippen molar-refractivity contribution < 1.29 is 13.2 Å². The second kappa shape index (κ2) is 8.55. The van der Waals surface area contributed by atoms with Crippen LogP contribution in [-0.4, -0.2) is 47.4 Å². The summed E-state index contributed by atoms with van der Waals surface area (Å²) < 4.78 is 30.3. The highest BCUT2D eigenvalue weighted by atomic mass is 32.2. The van der Waals surface area contributed by atoms with E-state index >= 15 is 0 Å². The molecule has 3 aromatic rings. The van der Waals surface area contributed by atoms with Gasteiger partial charge in [-0.3, -0.25) is 13.9 Å². The van der Waals surface area contributed by atoms with Crippen LogP contribution >= 0.6 is 0 Å². The largest absolute Gasteiger partial charge is 0.329 e. The molecule has 0 spiro atoms. The van der Waals surface area contributed by atoms with Gasteiger partial charge in [0.05, 0.1) is 15.9 Å². The highest BCUT2D eigenvalue weighted by Crippen LogP contribution is 2.31. The Morgan fingerprint density at radius 1 is 1.00 bits per heavy atom. The topological polar surface area (TPSA) is 84.6 Å². The number of carbonyl (C=O) groups excluding carboxylic acids is 1. The van der Waals surface area contributed by atoms with Crippen molar-refractivity contribution in [2.24, 2.45) is 0 Å². The number of nitrogens with zero attached hydrogens (tertiary/aromatic N) is 4. The zero-order valence-corrected chi connectivity index (χ0v) is 19.4. The van der Waals surface area contributed by atoms with Gasteiger partial charge in [0.25, 0.3) is 0 Å². The van der Waals surface area contributed by atoms with Crippen LogP contribution < -0.4 is 10.6 Å². The number of rotatable bonds is 7. The highest BCUT2D eigenvalue weighted by molar-refractivity contribution is 7.89. The van der Waals surface area contributed by atoms with Crippen molar-refractivity contribution in [2.45, 2.75) is 45.2 Å². The average molecular weight is 457 g/mol. The Bertz CT molecular complexity index is 1340. The molecule has 0 saturated carbocycles. The molecule has 170 valence electrons. The maximum atomic E-state index is 13.2. The number of hydrogen-bond acceptors (Lipinski definition) is 4. The summed E-state index contributed by atoms with van der Waals surface area (Å²) in [6.45, 7) is 7.26. The molecule has 1 aliphatic rings. The second-order valence-electron chi connectivity index (χ2n) is 7.78. The number of amides is 1. The van der Waals surface area contributed by atoms with Crippen molar-refractivity contribution in [3.63, 3.8) is 0 Å². The predicted octanol–water partition coefficient (Wildman–Crippen LogP) is 2.44. The van der Waals surface area contributed by atoms with Crippen LogP contribution in [0.3, 0.4) is 0 Å². The maximum absolute atomic E-state index is 13.2. The molecule has 0 atom stereocenters. The number of carbonyl (C=O) groups is 1. The first-order valence-corrected chi connectivity index (χ1v) is 12.4. The number of aromatic nitrogens is 2. The minimum atomic E-state index is -3.56. The molecule has 8 nitrogen and oxygen atoms in total. The number of sulfonamides is 1. The molecule has 4 rings (SSSR count). The van der Waals surface area contributed by atoms with Crippen LogP contribution in [-0.2, 0) is 34.3 Å². The summed E-state index contributed by atoms with van der Waals surface area (Å²) >= 11 is 0. The van der Waals surface area contributed by atoms with Crippen molar-refractivity contribution in [3.8, 4) is 0 Å². The Morgan fingerprint density at radius 3 is 2.28 bits per heavy atom. The lowest BCUT2D eigenvalue weighted by Gasteiger charge is -2.20.